The van der Waals surface area contributed by atoms with Crippen LogP contribution in [-0.2, 0) is 0 Å². The van der Waals surface area contributed by atoms with E-state index < -0.39 is 11.5 Å². The fraction of sp³-hybridized carbons (Fsp3) is 0.375. The molecular weight excluding hydrogens is 240 g/mol. The highest BCUT2D eigenvalue weighted by atomic mass is 16.3. The molecule has 0 unspecified atom stereocenters. The predicted octanol–water partition coefficient (Wildman–Crippen LogP) is 2.99. The van der Waals surface area contributed by atoms with Crippen LogP contribution in [0.4, 0.5) is 0 Å². The van der Waals surface area contributed by atoms with Gasteiger partial charge < -0.3 is 15.3 Å². The van der Waals surface area contributed by atoms with Crippen molar-refractivity contribution in [2.75, 3.05) is 6.61 Å². The van der Waals surface area contributed by atoms with Crippen LogP contribution in [0.1, 0.15) is 31.9 Å². The number of hydrogen-bond donors (Lipinski definition) is 3. The number of phenolic OH excluding ortho intramolecular Hbond substituents is 1. The van der Waals surface area contributed by atoms with Crippen molar-refractivity contribution in [1.29, 1.82) is 0 Å². The van der Waals surface area contributed by atoms with E-state index in [0.717, 1.165) is 16.3 Å². The highest BCUT2D eigenvalue weighted by Crippen LogP contribution is 2.40. The molecule has 0 fully saturated rings. The minimum absolute atomic E-state index is 0.0417. The highest BCUT2D eigenvalue weighted by molar-refractivity contribution is 5.91. The van der Waals surface area contributed by atoms with Crippen molar-refractivity contribution in [3.05, 3.63) is 42.0 Å². The van der Waals surface area contributed by atoms with E-state index in [0.29, 0.717) is 6.42 Å². The number of aliphatic hydroxyl groups excluding tert-OH is 2. The number of benzene rings is 2. The summed E-state index contributed by atoms with van der Waals surface area (Å²) >= 11 is 0. The third-order valence-corrected chi connectivity index (χ3v) is 3.73. The van der Waals surface area contributed by atoms with Gasteiger partial charge in [-0.3, -0.25) is 0 Å². The molecule has 0 bridgehead atoms. The van der Waals surface area contributed by atoms with Crippen LogP contribution in [0.3, 0.4) is 0 Å². The molecule has 0 heterocycles. The second kappa shape index (κ2) is 5.19. The first-order valence-electron chi connectivity index (χ1n) is 6.47. The van der Waals surface area contributed by atoms with Gasteiger partial charge in [0.05, 0.1) is 6.10 Å². The average molecular weight is 260 g/mol. The number of hydrogen-bond acceptors (Lipinski definition) is 3. The van der Waals surface area contributed by atoms with Gasteiger partial charge in [0.25, 0.3) is 0 Å². The largest absolute Gasteiger partial charge is 0.507 e. The predicted molar refractivity (Wildman–Crippen MR) is 76.1 cm³/mol. The molecule has 3 nitrogen and oxygen atoms in total. The molecule has 0 amide bonds. The normalized spacial score (nSPS) is 13.7. The fourth-order valence-electron chi connectivity index (χ4n) is 2.39. The molecule has 0 aliphatic heterocycles. The summed E-state index contributed by atoms with van der Waals surface area (Å²) in [4.78, 5) is 0. The topological polar surface area (TPSA) is 60.7 Å². The Labute approximate surface area is 113 Å². The van der Waals surface area contributed by atoms with Crippen molar-refractivity contribution in [2.45, 2.75) is 26.4 Å². The second-order valence-electron chi connectivity index (χ2n) is 5.58. The number of fused-ring (bicyclic) bond motifs is 1. The molecule has 19 heavy (non-hydrogen) atoms. The molecule has 0 saturated carbocycles. The fourth-order valence-corrected chi connectivity index (χ4v) is 2.39. The van der Waals surface area contributed by atoms with E-state index in [1.165, 1.54) is 0 Å². The van der Waals surface area contributed by atoms with E-state index >= 15 is 0 Å². The van der Waals surface area contributed by atoms with Crippen molar-refractivity contribution >= 4 is 10.8 Å². The number of rotatable bonds is 4. The second-order valence-corrected chi connectivity index (χ2v) is 5.58. The molecule has 102 valence electrons. The van der Waals surface area contributed by atoms with Gasteiger partial charge in [0, 0.05) is 12.0 Å². The lowest BCUT2D eigenvalue weighted by Gasteiger charge is -2.31. The SMILES string of the molecule is CC(C)(CCO)[C@H](O)c1ccc(O)c2ccccc12. The van der Waals surface area contributed by atoms with E-state index in [-0.39, 0.29) is 12.4 Å². The molecule has 0 saturated heterocycles. The van der Waals surface area contributed by atoms with Crippen molar-refractivity contribution in [3.63, 3.8) is 0 Å². The summed E-state index contributed by atoms with van der Waals surface area (Å²) in [5, 5.41) is 31.1. The highest BCUT2D eigenvalue weighted by Gasteiger charge is 2.29. The maximum absolute atomic E-state index is 10.6. The lowest BCUT2D eigenvalue weighted by Crippen LogP contribution is -2.23. The van der Waals surface area contributed by atoms with Crippen molar-refractivity contribution in [3.8, 4) is 5.75 Å². The van der Waals surface area contributed by atoms with Gasteiger partial charge in [0.2, 0.25) is 0 Å². The average Bonchev–Trinajstić information content (AvgIpc) is 2.39. The Morgan fingerprint density at radius 3 is 2.32 bits per heavy atom. The Kier molecular flexibility index (Phi) is 3.78. The first-order valence-corrected chi connectivity index (χ1v) is 6.47. The minimum atomic E-state index is -0.690. The first-order chi connectivity index (χ1) is 8.97. The third kappa shape index (κ3) is 2.57. The maximum Gasteiger partial charge on any atom is 0.123 e. The van der Waals surface area contributed by atoms with Gasteiger partial charge in [-0.15, -0.1) is 0 Å². The van der Waals surface area contributed by atoms with Crippen LogP contribution in [0.25, 0.3) is 10.8 Å². The maximum atomic E-state index is 10.6. The quantitative estimate of drug-likeness (QED) is 0.792. The van der Waals surface area contributed by atoms with E-state index in [2.05, 4.69) is 0 Å². The van der Waals surface area contributed by atoms with Crippen LogP contribution in [0.2, 0.25) is 0 Å². The monoisotopic (exact) mass is 260 g/mol. The Morgan fingerprint density at radius 2 is 1.68 bits per heavy atom. The van der Waals surface area contributed by atoms with Gasteiger partial charge in [0.15, 0.2) is 0 Å². The Morgan fingerprint density at radius 1 is 1.05 bits per heavy atom. The Hall–Kier alpha value is -1.58. The summed E-state index contributed by atoms with van der Waals surface area (Å²) in [5.74, 6) is 0.214. The van der Waals surface area contributed by atoms with E-state index in [9.17, 15) is 10.2 Å². The lowest BCUT2D eigenvalue weighted by molar-refractivity contribution is 0.0315. The first kappa shape index (κ1) is 13.8. The molecule has 2 aromatic rings. The molecule has 2 aromatic carbocycles. The summed E-state index contributed by atoms with van der Waals surface area (Å²) in [6, 6.07) is 10.8. The summed E-state index contributed by atoms with van der Waals surface area (Å²) in [6.07, 6.45) is -0.172. The van der Waals surface area contributed by atoms with Crippen LogP contribution in [0.5, 0.6) is 5.75 Å². The molecule has 0 aliphatic carbocycles. The van der Waals surface area contributed by atoms with Crippen LogP contribution < -0.4 is 0 Å². The van der Waals surface area contributed by atoms with Crippen LogP contribution in [0.15, 0.2) is 36.4 Å². The summed E-state index contributed by atoms with van der Waals surface area (Å²) in [7, 11) is 0. The smallest absolute Gasteiger partial charge is 0.123 e. The van der Waals surface area contributed by atoms with Crippen LogP contribution in [0, 0.1) is 5.41 Å². The third-order valence-electron chi connectivity index (χ3n) is 3.73. The zero-order valence-electron chi connectivity index (χ0n) is 11.3. The van der Waals surface area contributed by atoms with E-state index in [1.54, 1.807) is 12.1 Å². The van der Waals surface area contributed by atoms with E-state index in [4.69, 9.17) is 5.11 Å². The zero-order valence-corrected chi connectivity index (χ0v) is 11.3. The van der Waals surface area contributed by atoms with Gasteiger partial charge in [-0.25, -0.2) is 0 Å². The summed E-state index contributed by atoms with van der Waals surface area (Å²) in [5.41, 5.74) is 0.362. The van der Waals surface area contributed by atoms with Crippen molar-refractivity contribution in [1.82, 2.24) is 0 Å². The van der Waals surface area contributed by atoms with Gasteiger partial charge in [-0.1, -0.05) is 44.2 Å². The summed E-state index contributed by atoms with van der Waals surface area (Å²) in [6.45, 7) is 3.89. The molecule has 0 radical (unpaired) electrons. The molecule has 3 heteroatoms. The molecule has 0 aromatic heterocycles. The van der Waals surface area contributed by atoms with Crippen LogP contribution >= 0.6 is 0 Å². The minimum Gasteiger partial charge on any atom is -0.507 e. The number of aromatic hydroxyl groups is 1. The van der Waals surface area contributed by atoms with Crippen molar-refractivity contribution in [2.24, 2.45) is 5.41 Å². The number of aliphatic hydroxyl groups is 2. The lowest BCUT2D eigenvalue weighted by atomic mass is 9.79. The number of phenols is 1. The van der Waals surface area contributed by atoms with E-state index in [1.807, 2.05) is 38.1 Å². The van der Waals surface area contributed by atoms with Crippen molar-refractivity contribution < 1.29 is 15.3 Å². The van der Waals surface area contributed by atoms with Gasteiger partial charge >= 0.3 is 0 Å². The summed E-state index contributed by atoms with van der Waals surface area (Å²) < 4.78 is 0. The molecule has 3 N–H and O–H groups in total. The van der Waals surface area contributed by atoms with Gasteiger partial charge in [0.1, 0.15) is 5.75 Å². The molecular formula is C16H20O3. The molecule has 1 atom stereocenters. The standard InChI is InChI=1S/C16H20O3/c1-16(2,9-10-17)15(19)13-7-8-14(18)12-6-4-3-5-11(12)13/h3-8,15,17-19H,9-10H2,1-2H3/t15-/m1/s1. The Bertz CT molecular complexity index is 575. The molecule has 0 aliphatic rings. The van der Waals surface area contributed by atoms with Gasteiger partial charge in [-0.05, 0) is 28.9 Å². The zero-order chi connectivity index (χ0) is 14.0. The van der Waals surface area contributed by atoms with Gasteiger partial charge in [-0.2, -0.15) is 0 Å². The molecule has 0 spiro atoms. The Balaban J connectivity index is 2.54. The molecule has 2 rings (SSSR count). The van der Waals surface area contributed by atoms with Crippen LogP contribution in [-0.4, -0.2) is 21.9 Å².